The summed E-state index contributed by atoms with van der Waals surface area (Å²) in [5.74, 6) is 0.621. The number of carbonyl (C=O) groups excluding carboxylic acids is 1. The van der Waals surface area contributed by atoms with Crippen LogP contribution in [0.15, 0.2) is 12.3 Å². The molecule has 0 saturated carbocycles. The molecule has 1 amide bonds. The van der Waals surface area contributed by atoms with Crippen molar-refractivity contribution in [1.82, 2.24) is 19.6 Å². The van der Waals surface area contributed by atoms with Crippen molar-refractivity contribution in [3.05, 3.63) is 18.0 Å². The van der Waals surface area contributed by atoms with E-state index in [2.05, 4.69) is 57.6 Å². The molecular formula is C20H34N4O2. The molecule has 1 aromatic heterocycles. The van der Waals surface area contributed by atoms with Crippen LogP contribution in [-0.2, 0) is 9.53 Å². The van der Waals surface area contributed by atoms with Gasteiger partial charge in [0.1, 0.15) is 0 Å². The van der Waals surface area contributed by atoms with Crippen molar-refractivity contribution in [3.8, 4) is 0 Å². The minimum absolute atomic E-state index is 0.0114. The number of ether oxygens (including phenoxy) is 1. The number of hydrogen-bond acceptors (Lipinski definition) is 4. The molecule has 2 fully saturated rings. The maximum absolute atomic E-state index is 13.6. The van der Waals surface area contributed by atoms with Gasteiger partial charge in [-0.05, 0) is 39.7 Å². The molecule has 6 heteroatoms. The van der Waals surface area contributed by atoms with Crippen LogP contribution in [0.4, 0.5) is 0 Å². The molecule has 0 N–H and O–H groups in total. The topological polar surface area (TPSA) is 50.6 Å². The van der Waals surface area contributed by atoms with Crippen molar-refractivity contribution in [1.29, 1.82) is 0 Å². The molecule has 6 nitrogen and oxygen atoms in total. The second-order valence-electron chi connectivity index (χ2n) is 8.75. The van der Waals surface area contributed by atoms with Crippen LogP contribution in [-0.4, -0.2) is 69.9 Å². The summed E-state index contributed by atoms with van der Waals surface area (Å²) < 4.78 is 8.38. The fourth-order valence-corrected chi connectivity index (χ4v) is 4.36. The summed E-state index contributed by atoms with van der Waals surface area (Å²) in [6.07, 6.45) is 1.85. The van der Waals surface area contributed by atoms with E-state index in [0.29, 0.717) is 31.7 Å². The Labute approximate surface area is 157 Å². The quantitative estimate of drug-likeness (QED) is 0.808. The molecule has 0 radical (unpaired) electrons. The highest BCUT2D eigenvalue weighted by Crippen LogP contribution is 2.43. The third kappa shape index (κ3) is 3.29. The van der Waals surface area contributed by atoms with Gasteiger partial charge in [-0.2, -0.15) is 5.10 Å². The van der Waals surface area contributed by atoms with E-state index in [0.717, 1.165) is 18.8 Å². The van der Waals surface area contributed by atoms with Crippen molar-refractivity contribution < 1.29 is 9.53 Å². The second kappa shape index (κ2) is 7.31. The molecule has 2 unspecified atom stereocenters. The third-order valence-electron chi connectivity index (χ3n) is 5.65. The smallest absolute Gasteiger partial charge is 0.257 e. The number of carbonyl (C=O) groups is 1. The summed E-state index contributed by atoms with van der Waals surface area (Å²) in [7, 11) is 0. The zero-order chi connectivity index (χ0) is 19.1. The number of nitrogens with zero attached hydrogens (tertiary/aromatic N) is 4. The molecule has 0 bridgehead atoms. The number of likely N-dealkylation sites (tertiary alicyclic amines) is 1. The lowest BCUT2D eigenvalue weighted by Crippen LogP contribution is -2.61. The largest absolute Gasteiger partial charge is 0.361 e. The van der Waals surface area contributed by atoms with Gasteiger partial charge < -0.3 is 9.64 Å². The summed E-state index contributed by atoms with van der Waals surface area (Å²) in [6, 6.07) is 2.70. The Hall–Kier alpha value is -1.40. The summed E-state index contributed by atoms with van der Waals surface area (Å²) in [6.45, 7) is 16.5. The standard InChI is InChI=1S/C20H34N4O2/c1-14(2)11-22-9-10-26-20(19(22)25)13-23(15(3)4)12-17(20)18-7-8-21-24(18)16(5)6/h7-8,14-17H,9-13H2,1-6H3. The van der Waals surface area contributed by atoms with Gasteiger partial charge in [-0.25, -0.2) is 0 Å². The lowest BCUT2D eigenvalue weighted by Gasteiger charge is -2.43. The van der Waals surface area contributed by atoms with Crippen LogP contribution in [0.1, 0.15) is 59.2 Å². The number of aromatic nitrogens is 2. The van der Waals surface area contributed by atoms with Gasteiger partial charge in [0, 0.05) is 50.2 Å². The Morgan fingerprint density at radius 3 is 2.58 bits per heavy atom. The monoisotopic (exact) mass is 362 g/mol. The summed E-state index contributed by atoms with van der Waals surface area (Å²) in [5.41, 5.74) is 0.326. The van der Waals surface area contributed by atoms with Gasteiger partial charge in [0.2, 0.25) is 0 Å². The first-order chi connectivity index (χ1) is 12.3. The zero-order valence-electron chi connectivity index (χ0n) is 17.1. The molecule has 1 aromatic rings. The van der Waals surface area contributed by atoms with Gasteiger partial charge in [-0.15, -0.1) is 0 Å². The van der Waals surface area contributed by atoms with E-state index < -0.39 is 5.60 Å². The fraction of sp³-hybridized carbons (Fsp3) is 0.800. The lowest BCUT2D eigenvalue weighted by molar-refractivity contribution is -0.173. The van der Waals surface area contributed by atoms with E-state index >= 15 is 0 Å². The molecule has 0 aromatic carbocycles. The lowest BCUT2D eigenvalue weighted by atomic mass is 9.85. The van der Waals surface area contributed by atoms with Crippen molar-refractivity contribution in [2.75, 3.05) is 32.8 Å². The van der Waals surface area contributed by atoms with Crippen LogP contribution in [0.3, 0.4) is 0 Å². The minimum atomic E-state index is -0.788. The molecule has 1 spiro atoms. The van der Waals surface area contributed by atoms with Crippen LogP contribution in [0.25, 0.3) is 0 Å². The van der Waals surface area contributed by atoms with Crippen molar-refractivity contribution >= 4 is 5.91 Å². The number of amides is 1. The normalized spacial score (nSPS) is 27.7. The maximum Gasteiger partial charge on any atom is 0.257 e. The van der Waals surface area contributed by atoms with Crippen LogP contribution >= 0.6 is 0 Å². The molecule has 2 aliphatic heterocycles. The Kier molecular flexibility index (Phi) is 5.45. The summed E-state index contributed by atoms with van der Waals surface area (Å²) >= 11 is 0. The van der Waals surface area contributed by atoms with Crippen molar-refractivity contribution in [2.45, 2.75) is 65.1 Å². The molecule has 2 atom stereocenters. The van der Waals surface area contributed by atoms with Crippen LogP contribution in [0.5, 0.6) is 0 Å². The average molecular weight is 363 g/mol. The fourth-order valence-electron chi connectivity index (χ4n) is 4.36. The second-order valence-corrected chi connectivity index (χ2v) is 8.75. The van der Waals surface area contributed by atoms with E-state index in [9.17, 15) is 4.79 Å². The van der Waals surface area contributed by atoms with Gasteiger partial charge in [0.15, 0.2) is 5.60 Å². The highest BCUT2D eigenvalue weighted by Gasteiger charge is 2.58. The van der Waals surface area contributed by atoms with Crippen molar-refractivity contribution in [3.63, 3.8) is 0 Å². The SMILES string of the molecule is CC(C)CN1CCOC2(CN(C(C)C)CC2c2ccnn2C(C)C)C1=O. The number of morpholine rings is 1. The number of rotatable bonds is 5. The molecule has 146 valence electrons. The van der Waals surface area contributed by atoms with Crippen LogP contribution in [0.2, 0.25) is 0 Å². The van der Waals surface area contributed by atoms with E-state index in [1.54, 1.807) is 0 Å². The van der Waals surface area contributed by atoms with Crippen LogP contribution in [0, 0.1) is 5.92 Å². The Morgan fingerprint density at radius 1 is 1.23 bits per heavy atom. The average Bonchev–Trinajstić information content (AvgIpc) is 3.16. The van der Waals surface area contributed by atoms with Gasteiger partial charge in [-0.3, -0.25) is 14.4 Å². The molecule has 3 rings (SSSR count). The first kappa shape index (κ1) is 19.4. The highest BCUT2D eigenvalue weighted by atomic mass is 16.5. The van der Waals surface area contributed by atoms with Crippen LogP contribution < -0.4 is 0 Å². The molecular weight excluding hydrogens is 328 g/mol. The first-order valence-corrected chi connectivity index (χ1v) is 9.97. The van der Waals surface area contributed by atoms with Gasteiger partial charge in [0.05, 0.1) is 12.5 Å². The number of hydrogen-bond donors (Lipinski definition) is 0. The molecule has 2 aliphatic rings. The Balaban J connectivity index is 2.00. The van der Waals surface area contributed by atoms with E-state index in [1.165, 1.54) is 0 Å². The zero-order valence-corrected chi connectivity index (χ0v) is 17.1. The minimum Gasteiger partial charge on any atom is -0.361 e. The van der Waals surface area contributed by atoms with Crippen molar-refractivity contribution in [2.24, 2.45) is 5.92 Å². The first-order valence-electron chi connectivity index (χ1n) is 9.97. The molecule has 0 aliphatic carbocycles. The van der Waals surface area contributed by atoms with E-state index in [-0.39, 0.29) is 17.9 Å². The Bertz CT molecular complexity index is 640. The summed E-state index contributed by atoms with van der Waals surface area (Å²) in [4.78, 5) is 18.0. The van der Waals surface area contributed by atoms with Gasteiger partial charge in [-0.1, -0.05) is 13.8 Å². The van der Waals surface area contributed by atoms with Gasteiger partial charge in [0.25, 0.3) is 5.91 Å². The maximum atomic E-state index is 13.6. The predicted molar refractivity (Wildman–Crippen MR) is 102 cm³/mol. The highest BCUT2D eigenvalue weighted by molar-refractivity contribution is 5.88. The van der Waals surface area contributed by atoms with E-state index in [4.69, 9.17) is 4.74 Å². The predicted octanol–water partition coefficient (Wildman–Crippen LogP) is 2.53. The molecule has 3 heterocycles. The van der Waals surface area contributed by atoms with Gasteiger partial charge >= 0.3 is 0 Å². The molecule has 2 saturated heterocycles. The Morgan fingerprint density at radius 2 is 1.96 bits per heavy atom. The summed E-state index contributed by atoms with van der Waals surface area (Å²) in [5, 5.41) is 4.52. The molecule has 26 heavy (non-hydrogen) atoms. The third-order valence-corrected chi connectivity index (χ3v) is 5.65. The van der Waals surface area contributed by atoms with E-state index in [1.807, 2.05) is 15.8 Å².